The topological polar surface area (TPSA) is 148 Å². The lowest BCUT2D eigenvalue weighted by Gasteiger charge is -2.44. The van der Waals surface area contributed by atoms with Crippen molar-refractivity contribution in [3.05, 3.63) is 65.5 Å². The van der Waals surface area contributed by atoms with Crippen LogP contribution in [0.4, 0.5) is 16.2 Å². The summed E-state index contributed by atoms with van der Waals surface area (Å²) in [5, 5.41) is 17.0. The highest BCUT2D eigenvalue weighted by Gasteiger charge is 2.52. The predicted octanol–water partition coefficient (Wildman–Crippen LogP) is 2.81. The van der Waals surface area contributed by atoms with Crippen molar-refractivity contribution >= 4 is 17.7 Å². The van der Waals surface area contributed by atoms with E-state index in [2.05, 4.69) is 45.9 Å². The number of ether oxygens (including phenoxy) is 1. The molecular weight excluding hydrogens is 479 g/mol. The molecule has 1 aliphatic carbocycles. The van der Waals surface area contributed by atoms with Gasteiger partial charge in [0.25, 0.3) is 5.91 Å². The highest BCUT2D eigenvalue weighted by atomic mass is 19.1. The van der Waals surface area contributed by atoms with Crippen molar-refractivity contribution in [1.82, 2.24) is 45.2 Å². The highest BCUT2D eigenvalue weighted by molar-refractivity contribution is 5.87. The smallest absolute Gasteiger partial charge is 0.252 e. The van der Waals surface area contributed by atoms with E-state index in [-0.39, 0.29) is 17.9 Å². The quantitative estimate of drug-likeness (QED) is 0.328. The largest absolute Gasteiger partial charge is 0.368 e. The zero-order chi connectivity index (χ0) is 26.2. The third-order valence-corrected chi connectivity index (χ3v) is 6.44. The molecule has 4 heterocycles. The minimum atomic E-state index is -0.980. The van der Waals surface area contributed by atoms with Gasteiger partial charge in [-0.05, 0) is 45.2 Å². The number of aromatic amines is 1. The number of rotatable bonds is 8. The van der Waals surface area contributed by atoms with Crippen LogP contribution in [0.2, 0.25) is 0 Å². The molecule has 1 fully saturated rings. The molecule has 1 aliphatic rings. The zero-order valence-corrected chi connectivity index (χ0v) is 20.9. The van der Waals surface area contributed by atoms with E-state index in [0.717, 1.165) is 17.5 Å². The summed E-state index contributed by atoms with van der Waals surface area (Å²) in [5.41, 5.74) is 0.730. The molecule has 0 saturated heterocycles. The van der Waals surface area contributed by atoms with Gasteiger partial charge in [0.1, 0.15) is 17.2 Å². The number of aryl methyl sites for hydroxylation is 2. The molecule has 4 aromatic rings. The molecule has 0 aromatic carbocycles. The summed E-state index contributed by atoms with van der Waals surface area (Å²) >= 11 is 0. The van der Waals surface area contributed by atoms with Gasteiger partial charge in [-0.2, -0.15) is 20.2 Å². The third kappa shape index (κ3) is 5.03. The number of hydrogen-bond donors (Lipinski definition) is 3. The maximum atomic E-state index is 13.2. The molecule has 12 nitrogen and oxygen atoms in total. The van der Waals surface area contributed by atoms with Crippen LogP contribution in [0.1, 0.15) is 54.6 Å². The lowest BCUT2D eigenvalue weighted by molar-refractivity contribution is -0.158. The molecular formula is C24H27FN10O2. The standard InChI is InChI=1S/C24H27FN10O2/c1-13-7-19(34-33-13)31-23-30-15(3)29-21(32-23)17-8-24(9-17,37-4)22(36)28-14(2)16-5-6-20(26-10-16)35-12-18(25)11-27-35/h5-7,10-12,14,17H,8-9H2,1-4H3,(H,28,36)(H2,29,30,31,32,33,34)/t14-,17?,24?/m0/s1. The Kier molecular flexibility index (Phi) is 6.38. The van der Waals surface area contributed by atoms with Gasteiger partial charge in [-0.3, -0.25) is 9.89 Å². The van der Waals surface area contributed by atoms with Gasteiger partial charge < -0.3 is 15.4 Å². The van der Waals surface area contributed by atoms with Crippen LogP contribution in [0.5, 0.6) is 0 Å². The Morgan fingerprint density at radius 2 is 2.05 bits per heavy atom. The van der Waals surface area contributed by atoms with E-state index in [9.17, 15) is 9.18 Å². The molecule has 192 valence electrons. The highest BCUT2D eigenvalue weighted by Crippen LogP contribution is 2.46. The number of nitrogens with zero attached hydrogens (tertiary/aromatic N) is 7. The number of anilines is 2. The first-order chi connectivity index (χ1) is 17.7. The number of methoxy groups -OCH3 is 1. The van der Waals surface area contributed by atoms with E-state index in [1.54, 1.807) is 19.2 Å². The van der Waals surface area contributed by atoms with Gasteiger partial charge in [0.2, 0.25) is 5.95 Å². The van der Waals surface area contributed by atoms with E-state index < -0.39 is 11.4 Å². The Morgan fingerprint density at radius 3 is 2.68 bits per heavy atom. The SMILES string of the molecule is COC1(C(=O)N[C@@H](C)c2ccc(-n3cc(F)cn3)nc2)CC(c2nc(C)nc(Nc3cc(C)[nH]n3)n2)C1. The average Bonchev–Trinajstić information content (AvgIpc) is 3.46. The first-order valence-electron chi connectivity index (χ1n) is 11.8. The summed E-state index contributed by atoms with van der Waals surface area (Å²) in [5.74, 6) is 1.95. The monoisotopic (exact) mass is 506 g/mol. The predicted molar refractivity (Wildman–Crippen MR) is 131 cm³/mol. The molecule has 0 spiro atoms. The number of hydrogen-bond acceptors (Lipinski definition) is 9. The molecule has 37 heavy (non-hydrogen) atoms. The fraction of sp³-hybridized carbons (Fsp3) is 0.375. The summed E-state index contributed by atoms with van der Waals surface area (Å²) in [7, 11) is 1.53. The number of pyridine rings is 1. The van der Waals surface area contributed by atoms with Gasteiger partial charge in [-0.1, -0.05) is 6.07 Å². The van der Waals surface area contributed by atoms with Gasteiger partial charge in [0.05, 0.1) is 18.4 Å². The summed E-state index contributed by atoms with van der Waals surface area (Å²) < 4.78 is 20.3. The first-order valence-corrected chi connectivity index (χ1v) is 11.8. The number of carbonyl (C=O) groups is 1. The van der Waals surface area contributed by atoms with Gasteiger partial charge >= 0.3 is 0 Å². The van der Waals surface area contributed by atoms with Crippen LogP contribution >= 0.6 is 0 Å². The van der Waals surface area contributed by atoms with E-state index in [1.165, 1.54) is 18.0 Å². The Labute approximate surface area is 212 Å². The minimum absolute atomic E-state index is 0.0559. The second-order valence-electron chi connectivity index (χ2n) is 9.18. The van der Waals surface area contributed by atoms with Gasteiger partial charge in [-0.25, -0.2) is 19.0 Å². The Hall–Kier alpha value is -4.26. The van der Waals surface area contributed by atoms with E-state index in [4.69, 9.17) is 4.74 Å². The lowest BCUT2D eigenvalue weighted by Crippen LogP contribution is -2.56. The van der Waals surface area contributed by atoms with Crippen molar-refractivity contribution in [2.24, 2.45) is 0 Å². The molecule has 5 rings (SSSR count). The zero-order valence-electron chi connectivity index (χ0n) is 20.9. The minimum Gasteiger partial charge on any atom is -0.368 e. The van der Waals surface area contributed by atoms with Crippen LogP contribution in [0.3, 0.4) is 0 Å². The molecule has 1 amide bonds. The molecule has 3 N–H and O–H groups in total. The Balaban J connectivity index is 1.23. The summed E-state index contributed by atoms with van der Waals surface area (Å²) in [6.07, 6.45) is 4.87. The summed E-state index contributed by atoms with van der Waals surface area (Å²) in [6.45, 7) is 5.57. The van der Waals surface area contributed by atoms with Crippen molar-refractivity contribution in [3.8, 4) is 5.82 Å². The van der Waals surface area contributed by atoms with Crippen molar-refractivity contribution in [2.75, 3.05) is 12.4 Å². The second-order valence-corrected chi connectivity index (χ2v) is 9.18. The maximum absolute atomic E-state index is 13.2. The summed E-state index contributed by atoms with van der Waals surface area (Å²) in [6, 6.07) is 5.07. The van der Waals surface area contributed by atoms with Crippen LogP contribution in [-0.4, -0.2) is 58.5 Å². The molecule has 1 atom stereocenters. The number of halogens is 1. The Morgan fingerprint density at radius 1 is 1.24 bits per heavy atom. The van der Waals surface area contributed by atoms with Crippen molar-refractivity contribution in [2.45, 2.75) is 51.2 Å². The fourth-order valence-electron chi connectivity index (χ4n) is 4.33. The Bertz CT molecular complexity index is 1410. The lowest BCUT2D eigenvalue weighted by atomic mass is 9.69. The van der Waals surface area contributed by atoms with Crippen LogP contribution in [-0.2, 0) is 9.53 Å². The van der Waals surface area contributed by atoms with Gasteiger partial charge in [0, 0.05) is 31.0 Å². The number of aromatic nitrogens is 8. The van der Waals surface area contributed by atoms with Crippen molar-refractivity contribution in [3.63, 3.8) is 0 Å². The van der Waals surface area contributed by atoms with Gasteiger partial charge in [-0.15, -0.1) is 0 Å². The fourth-order valence-corrected chi connectivity index (χ4v) is 4.33. The van der Waals surface area contributed by atoms with Crippen LogP contribution in [0, 0.1) is 19.7 Å². The molecule has 0 aliphatic heterocycles. The van der Waals surface area contributed by atoms with Crippen LogP contribution in [0.15, 0.2) is 36.8 Å². The van der Waals surface area contributed by atoms with Crippen molar-refractivity contribution in [1.29, 1.82) is 0 Å². The maximum Gasteiger partial charge on any atom is 0.252 e. The van der Waals surface area contributed by atoms with Gasteiger partial charge in [0.15, 0.2) is 17.5 Å². The van der Waals surface area contributed by atoms with E-state index in [1.807, 2.05) is 26.0 Å². The van der Waals surface area contributed by atoms with E-state index in [0.29, 0.717) is 42.1 Å². The average molecular weight is 507 g/mol. The molecule has 13 heteroatoms. The molecule has 0 radical (unpaired) electrons. The number of nitrogens with one attached hydrogen (secondary N) is 3. The second kappa shape index (κ2) is 9.65. The molecule has 4 aromatic heterocycles. The molecule has 1 saturated carbocycles. The number of amides is 1. The third-order valence-electron chi connectivity index (χ3n) is 6.44. The van der Waals surface area contributed by atoms with E-state index >= 15 is 0 Å². The normalized spacial score (nSPS) is 19.8. The molecule has 0 unspecified atom stereocenters. The first kappa shape index (κ1) is 24.4. The van der Waals surface area contributed by atoms with Crippen LogP contribution < -0.4 is 10.6 Å². The number of carbonyl (C=O) groups excluding carboxylic acids is 1. The number of H-pyrrole nitrogens is 1. The molecule has 0 bridgehead atoms. The summed E-state index contributed by atoms with van der Waals surface area (Å²) in [4.78, 5) is 30.9. The van der Waals surface area contributed by atoms with Crippen molar-refractivity contribution < 1.29 is 13.9 Å². The van der Waals surface area contributed by atoms with Crippen LogP contribution in [0.25, 0.3) is 5.82 Å².